The van der Waals surface area contributed by atoms with Crippen molar-refractivity contribution in [2.24, 2.45) is 0 Å². The maximum absolute atomic E-state index is 11.8. The fourth-order valence-corrected chi connectivity index (χ4v) is 2.42. The van der Waals surface area contributed by atoms with Crippen LogP contribution in [0.4, 0.5) is 0 Å². The van der Waals surface area contributed by atoms with Gasteiger partial charge in [-0.2, -0.15) is 0 Å². The van der Waals surface area contributed by atoms with Crippen LogP contribution in [0, 0.1) is 0 Å². The van der Waals surface area contributed by atoms with E-state index in [0.717, 1.165) is 23.7 Å². The molecule has 0 spiro atoms. The average Bonchev–Trinajstić information content (AvgIpc) is 2.28. The Balaban J connectivity index is 2.03. The summed E-state index contributed by atoms with van der Waals surface area (Å²) in [6, 6.07) is 3.04. The quantitative estimate of drug-likeness (QED) is 0.857. The van der Waals surface area contributed by atoms with Crippen molar-refractivity contribution < 1.29 is 9.90 Å². The molecule has 1 saturated carbocycles. The summed E-state index contributed by atoms with van der Waals surface area (Å²) in [5.74, 6) is -0.246. The van der Waals surface area contributed by atoms with Crippen molar-refractivity contribution in [3.05, 3.63) is 33.2 Å². The Bertz CT molecular complexity index is 503. The van der Waals surface area contributed by atoms with Gasteiger partial charge in [-0.3, -0.25) is 9.59 Å². The van der Waals surface area contributed by atoms with Gasteiger partial charge in [0.25, 0.3) is 5.56 Å². The zero-order chi connectivity index (χ0) is 13.2. The van der Waals surface area contributed by atoms with Gasteiger partial charge in [-0.25, -0.2) is 0 Å². The molecule has 98 valence electrons. The Morgan fingerprint density at radius 1 is 1.50 bits per heavy atom. The molecule has 0 bridgehead atoms. The van der Waals surface area contributed by atoms with E-state index in [9.17, 15) is 14.7 Å². The Morgan fingerprint density at radius 3 is 2.78 bits per heavy atom. The van der Waals surface area contributed by atoms with Gasteiger partial charge in [0, 0.05) is 16.7 Å². The number of carbonyl (C=O) groups is 1. The first-order valence-corrected chi connectivity index (χ1v) is 6.62. The second kappa shape index (κ2) is 5.24. The lowest BCUT2D eigenvalue weighted by molar-refractivity contribution is -0.125. The monoisotopic (exact) mass is 314 g/mol. The average molecular weight is 315 g/mol. The SMILES string of the molecule is O=C(Cn1cc(Br)ccc1=O)NC1(CO)CCC1. The van der Waals surface area contributed by atoms with Crippen molar-refractivity contribution in [3.8, 4) is 0 Å². The minimum atomic E-state index is -0.466. The zero-order valence-corrected chi connectivity index (χ0v) is 11.4. The van der Waals surface area contributed by atoms with Crippen LogP contribution in [0.3, 0.4) is 0 Å². The van der Waals surface area contributed by atoms with Crippen molar-refractivity contribution in [2.45, 2.75) is 31.3 Å². The number of aliphatic hydroxyl groups excluding tert-OH is 1. The Labute approximate surface area is 113 Å². The Hall–Kier alpha value is -1.14. The molecule has 2 rings (SSSR count). The maximum atomic E-state index is 11.8. The van der Waals surface area contributed by atoms with E-state index < -0.39 is 5.54 Å². The lowest BCUT2D eigenvalue weighted by atomic mass is 9.77. The number of hydrogen-bond donors (Lipinski definition) is 2. The number of aromatic nitrogens is 1. The normalized spacial score (nSPS) is 17.0. The number of halogens is 1. The molecule has 18 heavy (non-hydrogen) atoms. The molecule has 0 aliphatic heterocycles. The number of aliphatic hydroxyl groups is 1. The number of carbonyl (C=O) groups excluding carboxylic acids is 1. The van der Waals surface area contributed by atoms with Gasteiger partial charge < -0.3 is 15.0 Å². The second-order valence-corrected chi connectivity index (χ2v) is 5.57. The van der Waals surface area contributed by atoms with E-state index in [4.69, 9.17) is 0 Å². The van der Waals surface area contributed by atoms with E-state index >= 15 is 0 Å². The van der Waals surface area contributed by atoms with Crippen molar-refractivity contribution in [3.63, 3.8) is 0 Å². The van der Waals surface area contributed by atoms with Gasteiger partial charge in [-0.05, 0) is 41.3 Å². The number of nitrogens with zero attached hydrogens (tertiary/aromatic N) is 1. The van der Waals surface area contributed by atoms with Gasteiger partial charge in [0.2, 0.25) is 5.91 Å². The molecule has 1 aromatic rings. The van der Waals surface area contributed by atoms with E-state index in [1.165, 1.54) is 10.6 Å². The summed E-state index contributed by atoms with van der Waals surface area (Å²) in [6.07, 6.45) is 4.18. The van der Waals surface area contributed by atoms with Gasteiger partial charge in [-0.15, -0.1) is 0 Å². The van der Waals surface area contributed by atoms with Crippen molar-refractivity contribution in [1.29, 1.82) is 0 Å². The molecule has 0 atom stereocenters. The maximum Gasteiger partial charge on any atom is 0.251 e. The number of rotatable bonds is 4. The molecule has 5 nitrogen and oxygen atoms in total. The highest BCUT2D eigenvalue weighted by molar-refractivity contribution is 9.10. The molecule has 1 aromatic heterocycles. The third kappa shape index (κ3) is 2.81. The lowest BCUT2D eigenvalue weighted by Gasteiger charge is -2.40. The highest BCUT2D eigenvalue weighted by Gasteiger charge is 2.37. The van der Waals surface area contributed by atoms with Crippen LogP contribution < -0.4 is 10.9 Å². The topological polar surface area (TPSA) is 71.3 Å². The smallest absolute Gasteiger partial charge is 0.251 e. The van der Waals surface area contributed by atoms with E-state index in [-0.39, 0.29) is 24.6 Å². The summed E-state index contributed by atoms with van der Waals surface area (Å²) < 4.78 is 2.08. The van der Waals surface area contributed by atoms with Gasteiger partial charge in [0.15, 0.2) is 0 Å². The third-order valence-corrected chi connectivity index (χ3v) is 3.75. The van der Waals surface area contributed by atoms with Crippen molar-refractivity contribution in [1.82, 2.24) is 9.88 Å². The van der Waals surface area contributed by atoms with E-state index in [1.54, 1.807) is 12.3 Å². The van der Waals surface area contributed by atoms with Gasteiger partial charge in [0.1, 0.15) is 6.54 Å². The van der Waals surface area contributed by atoms with Crippen molar-refractivity contribution in [2.75, 3.05) is 6.61 Å². The summed E-state index contributed by atoms with van der Waals surface area (Å²) >= 11 is 3.25. The minimum Gasteiger partial charge on any atom is -0.394 e. The van der Waals surface area contributed by atoms with Crippen LogP contribution in [0.15, 0.2) is 27.6 Å². The first-order chi connectivity index (χ1) is 8.54. The summed E-state index contributed by atoms with van der Waals surface area (Å²) in [5, 5.41) is 12.1. The molecule has 0 saturated heterocycles. The highest BCUT2D eigenvalue weighted by Crippen LogP contribution is 2.30. The summed E-state index contributed by atoms with van der Waals surface area (Å²) in [5.41, 5.74) is -0.688. The Kier molecular flexibility index (Phi) is 3.87. The lowest BCUT2D eigenvalue weighted by Crippen LogP contribution is -2.57. The standard InChI is InChI=1S/C12H15BrN2O3/c13-9-2-3-11(18)15(6-9)7-10(17)14-12(8-16)4-1-5-12/h2-3,6,16H,1,4-5,7-8H2,(H,14,17). The minimum absolute atomic E-state index is 0.0278. The fraction of sp³-hybridized carbons (Fsp3) is 0.500. The Morgan fingerprint density at radius 2 is 2.22 bits per heavy atom. The van der Waals surface area contributed by atoms with E-state index in [1.807, 2.05) is 0 Å². The number of nitrogens with one attached hydrogen (secondary N) is 1. The number of amides is 1. The van der Waals surface area contributed by atoms with Crippen LogP contribution >= 0.6 is 15.9 Å². The molecule has 2 N–H and O–H groups in total. The molecule has 0 radical (unpaired) electrons. The molecule has 1 fully saturated rings. The van der Waals surface area contributed by atoms with Crippen LogP contribution in [0.1, 0.15) is 19.3 Å². The molecule has 1 heterocycles. The predicted octanol–water partition coefficient (Wildman–Crippen LogP) is 0.642. The predicted molar refractivity (Wildman–Crippen MR) is 70.2 cm³/mol. The van der Waals surface area contributed by atoms with Gasteiger partial charge >= 0.3 is 0 Å². The van der Waals surface area contributed by atoms with Crippen molar-refractivity contribution >= 4 is 21.8 Å². The summed E-state index contributed by atoms with van der Waals surface area (Å²) in [6.45, 7) is -0.0772. The fourth-order valence-electron chi connectivity index (χ4n) is 2.04. The number of hydrogen-bond acceptors (Lipinski definition) is 3. The molecular formula is C12H15BrN2O3. The highest BCUT2D eigenvalue weighted by atomic mass is 79.9. The van der Waals surface area contributed by atoms with E-state index in [2.05, 4.69) is 21.2 Å². The zero-order valence-electron chi connectivity index (χ0n) is 9.86. The largest absolute Gasteiger partial charge is 0.394 e. The van der Waals surface area contributed by atoms with Gasteiger partial charge in [-0.1, -0.05) is 0 Å². The summed E-state index contributed by atoms with van der Waals surface area (Å²) in [4.78, 5) is 23.4. The van der Waals surface area contributed by atoms with Gasteiger partial charge in [0.05, 0.1) is 12.1 Å². The molecular weight excluding hydrogens is 300 g/mol. The molecule has 0 unspecified atom stereocenters. The van der Waals surface area contributed by atoms with Crippen LogP contribution in [-0.4, -0.2) is 27.7 Å². The first-order valence-electron chi connectivity index (χ1n) is 5.83. The second-order valence-electron chi connectivity index (χ2n) is 4.65. The number of pyridine rings is 1. The van der Waals surface area contributed by atoms with Crippen LogP contribution in [0.25, 0.3) is 0 Å². The van der Waals surface area contributed by atoms with Crippen LogP contribution in [0.5, 0.6) is 0 Å². The first kappa shape index (κ1) is 13.3. The molecule has 0 aromatic carbocycles. The summed E-state index contributed by atoms with van der Waals surface area (Å²) in [7, 11) is 0. The molecule has 1 aliphatic rings. The third-order valence-electron chi connectivity index (χ3n) is 3.28. The van der Waals surface area contributed by atoms with Crippen LogP contribution in [-0.2, 0) is 11.3 Å². The van der Waals surface area contributed by atoms with E-state index in [0.29, 0.717) is 0 Å². The molecule has 1 aliphatic carbocycles. The molecule has 6 heteroatoms. The molecule has 1 amide bonds. The van der Waals surface area contributed by atoms with Crippen LogP contribution in [0.2, 0.25) is 0 Å².